The van der Waals surface area contributed by atoms with Crippen molar-refractivity contribution in [2.24, 2.45) is 4.99 Å². The highest BCUT2D eigenvalue weighted by atomic mass is 35.5. The van der Waals surface area contributed by atoms with Crippen molar-refractivity contribution in [1.29, 1.82) is 0 Å². The molecule has 2 aromatic carbocycles. The van der Waals surface area contributed by atoms with E-state index in [9.17, 15) is 9.90 Å². The van der Waals surface area contributed by atoms with Crippen molar-refractivity contribution in [1.82, 2.24) is 0 Å². The molecule has 0 aliphatic rings. The lowest BCUT2D eigenvalue weighted by Gasteiger charge is -2.08. The summed E-state index contributed by atoms with van der Waals surface area (Å²) in [7, 11) is 0. The third kappa shape index (κ3) is 4.23. The number of aliphatic imine (C=N–C) groups is 1. The Morgan fingerprint density at radius 3 is 2.86 bits per heavy atom. The van der Waals surface area contributed by atoms with E-state index in [-0.39, 0.29) is 18.2 Å². The molecule has 0 spiro atoms. The normalized spacial score (nSPS) is 10.9. The molecule has 0 aliphatic heterocycles. The van der Waals surface area contributed by atoms with E-state index in [1.54, 1.807) is 30.3 Å². The number of aromatic hydroxyl groups is 1. The number of halogens is 2. The minimum absolute atomic E-state index is 0.0549. The molecule has 0 saturated heterocycles. The number of nitrogens with one attached hydrogen (secondary N) is 1. The van der Waals surface area contributed by atoms with Crippen LogP contribution < -0.4 is 5.32 Å². The number of nitrogens with zero attached hydrogens (tertiary/aromatic N) is 1. The van der Waals surface area contributed by atoms with Crippen molar-refractivity contribution in [2.75, 3.05) is 11.9 Å². The van der Waals surface area contributed by atoms with Gasteiger partial charge in [-0.1, -0.05) is 29.3 Å². The van der Waals surface area contributed by atoms with E-state index in [0.717, 1.165) is 5.56 Å². The maximum Gasteiger partial charge on any atom is 0.246 e. The van der Waals surface area contributed by atoms with Crippen LogP contribution in [0.15, 0.2) is 41.4 Å². The number of carbonyl (C=O) groups is 1. The second kappa shape index (κ2) is 7.29. The Balaban J connectivity index is 1.99. The van der Waals surface area contributed by atoms with E-state index in [1.807, 2.05) is 6.92 Å². The van der Waals surface area contributed by atoms with Gasteiger partial charge in [0.2, 0.25) is 5.91 Å². The van der Waals surface area contributed by atoms with Crippen molar-refractivity contribution in [3.8, 4) is 5.75 Å². The minimum Gasteiger partial charge on any atom is -0.507 e. The van der Waals surface area contributed by atoms with Crippen LogP contribution in [0.3, 0.4) is 0 Å². The van der Waals surface area contributed by atoms with E-state index < -0.39 is 0 Å². The molecular weight excluding hydrogens is 323 g/mol. The number of phenolic OH excluding ortho intramolecular Hbond substituents is 1. The topological polar surface area (TPSA) is 61.7 Å². The average molecular weight is 337 g/mol. The lowest BCUT2D eigenvalue weighted by molar-refractivity contribution is -0.114. The van der Waals surface area contributed by atoms with Gasteiger partial charge in [-0.15, -0.1) is 0 Å². The van der Waals surface area contributed by atoms with Crippen LogP contribution >= 0.6 is 23.2 Å². The predicted molar refractivity (Wildman–Crippen MR) is 90.4 cm³/mol. The Morgan fingerprint density at radius 2 is 2.09 bits per heavy atom. The molecule has 0 saturated carbocycles. The zero-order valence-corrected chi connectivity index (χ0v) is 13.3. The molecule has 0 radical (unpaired) electrons. The number of anilines is 1. The first kappa shape index (κ1) is 16.3. The van der Waals surface area contributed by atoms with Crippen LogP contribution in [-0.4, -0.2) is 23.8 Å². The molecule has 1 amide bonds. The fraction of sp³-hybridized carbons (Fsp3) is 0.125. The predicted octanol–water partition coefficient (Wildman–Crippen LogP) is 4.07. The molecule has 0 aliphatic carbocycles. The summed E-state index contributed by atoms with van der Waals surface area (Å²) in [6, 6.07) is 9.90. The number of phenols is 1. The summed E-state index contributed by atoms with van der Waals surface area (Å²) in [5, 5.41) is 13.4. The Labute approximate surface area is 138 Å². The number of hydrogen-bond donors (Lipinski definition) is 2. The van der Waals surface area contributed by atoms with Gasteiger partial charge in [-0.2, -0.15) is 0 Å². The van der Waals surface area contributed by atoms with Gasteiger partial charge < -0.3 is 10.4 Å². The number of amides is 1. The standard InChI is InChI=1S/C16H14Cl2N2O2/c1-10-13(18)3-2-4-14(10)20-16(22)9-19-8-11-7-12(17)5-6-15(11)21/h2-8,21H,9H2,1H3,(H,20,22). The Hall–Kier alpha value is -2.04. The van der Waals surface area contributed by atoms with E-state index >= 15 is 0 Å². The maximum absolute atomic E-state index is 11.9. The highest BCUT2D eigenvalue weighted by Crippen LogP contribution is 2.23. The van der Waals surface area contributed by atoms with Gasteiger partial charge in [0.15, 0.2) is 0 Å². The fourth-order valence-corrected chi connectivity index (χ4v) is 2.14. The van der Waals surface area contributed by atoms with Gasteiger partial charge in [0.05, 0.1) is 0 Å². The summed E-state index contributed by atoms with van der Waals surface area (Å²) in [5.41, 5.74) is 1.91. The Kier molecular flexibility index (Phi) is 5.41. The highest BCUT2D eigenvalue weighted by molar-refractivity contribution is 6.31. The molecule has 114 valence electrons. The van der Waals surface area contributed by atoms with Gasteiger partial charge in [-0.3, -0.25) is 9.79 Å². The molecule has 6 heteroatoms. The van der Waals surface area contributed by atoms with Gasteiger partial charge >= 0.3 is 0 Å². The molecule has 4 nitrogen and oxygen atoms in total. The Bertz CT molecular complexity index is 730. The number of benzene rings is 2. The van der Waals surface area contributed by atoms with Crippen molar-refractivity contribution < 1.29 is 9.90 Å². The van der Waals surface area contributed by atoms with E-state index in [0.29, 0.717) is 21.3 Å². The maximum atomic E-state index is 11.9. The van der Waals surface area contributed by atoms with Crippen LogP contribution in [0.4, 0.5) is 5.69 Å². The molecule has 22 heavy (non-hydrogen) atoms. The Morgan fingerprint density at radius 1 is 1.32 bits per heavy atom. The van der Waals surface area contributed by atoms with E-state index in [1.165, 1.54) is 12.3 Å². The second-order valence-corrected chi connectivity index (χ2v) is 5.48. The SMILES string of the molecule is Cc1c(Cl)cccc1NC(=O)CN=Cc1cc(Cl)ccc1O. The van der Waals surface area contributed by atoms with E-state index in [2.05, 4.69) is 10.3 Å². The van der Waals surface area contributed by atoms with Crippen LogP contribution in [-0.2, 0) is 4.79 Å². The summed E-state index contributed by atoms with van der Waals surface area (Å²) in [6.07, 6.45) is 1.41. The quantitative estimate of drug-likeness (QED) is 0.827. The molecule has 0 bridgehead atoms. The third-order valence-corrected chi connectivity index (χ3v) is 3.64. The first-order chi connectivity index (χ1) is 10.5. The molecule has 0 heterocycles. The fourth-order valence-electron chi connectivity index (χ4n) is 1.79. The molecule has 0 aromatic heterocycles. The molecule has 0 unspecified atom stereocenters. The van der Waals surface area contributed by atoms with Crippen molar-refractivity contribution in [3.63, 3.8) is 0 Å². The van der Waals surface area contributed by atoms with Crippen molar-refractivity contribution >= 4 is 41.0 Å². The molecule has 2 aromatic rings. The zero-order chi connectivity index (χ0) is 16.1. The number of hydrogen-bond acceptors (Lipinski definition) is 3. The zero-order valence-electron chi connectivity index (χ0n) is 11.8. The largest absolute Gasteiger partial charge is 0.507 e. The summed E-state index contributed by atoms with van der Waals surface area (Å²) in [5.74, 6) is -0.220. The van der Waals surface area contributed by atoms with Crippen molar-refractivity contribution in [2.45, 2.75) is 6.92 Å². The average Bonchev–Trinajstić information content (AvgIpc) is 2.47. The summed E-state index contributed by atoms with van der Waals surface area (Å²) in [4.78, 5) is 15.9. The third-order valence-electron chi connectivity index (χ3n) is 3.00. The van der Waals surface area contributed by atoms with Crippen LogP contribution in [0, 0.1) is 6.92 Å². The smallest absolute Gasteiger partial charge is 0.246 e. The summed E-state index contributed by atoms with van der Waals surface area (Å²) >= 11 is 11.8. The van der Waals surface area contributed by atoms with Gasteiger partial charge in [0, 0.05) is 27.5 Å². The van der Waals surface area contributed by atoms with Crippen LogP contribution in [0.25, 0.3) is 0 Å². The van der Waals surface area contributed by atoms with Gasteiger partial charge in [0.25, 0.3) is 0 Å². The molecule has 0 atom stereocenters. The van der Waals surface area contributed by atoms with Gasteiger partial charge in [-0.05, 0) is 42.8 Å². The molecule has 2 rings (SSSR count). The first-order valence-corrected chi connectivity index (χ1v) is 7.26. The highest BCUT2D eigenvalue weighted by Gasteiger charge is 2.06. The molecular formula is C16H14Cl2N2O2. The lowest BCUT2D eigenvalue weighted by atomic mass is 10.2. The second-order valence-electron chi connectivity index (χ2n) is 4.63. The van der Waals surface area contributed by atoms with Crippen LogP contribution in [0.2, 0.25) is 10.0 Å². The van der Waals surface area contributed by atoms with E-state index in [4.69, 9.17) is 23.2 Å². The van der Waals surface area contributed by atoms with Crippen molar-refractivity contribution in [3.05, 3.63) is 57.6 Å². The van der Waals surface area contributed by atoms with Gasteiger partial charge in [0.1, 0.15) is 12.3 Å². The lowest BCUT2D eigenvalue weighted by Crippen LogP contribution is -2.15. The summed E-state index contributed by atoms with van der Waals surface area (Å²) in [6.45, 7) is 1.75. The van der Waals surface area contributed by atoms with Gasteiger partial charge in [-0.25, -0.2) is 0 Å². The molecule has 0 fully saturated rings. The number of carbonyl (C=O) groups excluding carboxylic acids is 1. The van der Waals surface area contributed by atoms with Crippen LogP contribution in [0.1, 0.15) is 11.1 Å². The number of rotatable bonds is 4. The summed E-state index contributed by atoms with van der Waals surface area (Å²) < 4.78 is 0. The monoisotopic (exact) mass is 336 g/mol. The first-order valence-electron chi connectivity index (χ1n) is 6.50. The molecule has 2 N–H and O–H groups in total. The minimum atomic E-state index is -0.275. The van der Waals surface area contributed by atoms with Crippen LogP contribution in [0.5, 0.6) is 5.75 Å².